The molecule has 3 rings (SSSR count). The Bertz CT molecular complexity index is 1020. The number of piperidine rings is 1. The van der Waals surface area contributed by atoms with Crippen molar-refractivity contribution in [3.05, 3.63) is 53.7 Å². The van der Waals surface area contributed by atoms with E-state index in [0.717, 1.165) is 5.56 Å². The molecule has 1 aromatic heterocycles. The largest absolute Gasteiger partial charge is 0.367 e. The van der Waals surface area contributed by atoms with Gasteiger partial charge in [-0.05, 0) is 44.0 Å². The van der Waals surface area contributed by atoms with Crippen LogP contribution in [0.5, 0.6) is 0 Å². The van der Waals surface area contributed by atoms with E-state index in [1.54, 1.807) is 42.6 Å². The number of sulfonamides is 1. The molecule has 2 heterocycles. The zero-order valence-electron chi connectivity index (χ0n) is 16.8. The van der Waals surface area contributed by atoms with Crippen molar-refractivity contribution in [2.75, 3.05) is 31.5 Å². The van der Waals surface area contributed by atoms with Crippen molar-refractivity contribution in [1.29, 1.82) is 5.26 Å². The molecule has 8 nitrogen and oxygen atoms in total. The molecule has 1 saturated heterocycles. The van der Waals surface area contributed by atoms with Gasteiger partial charge < -0.3 is 10.6 Å². The third kappa shape index (κ3) is 5.14. The zero-order chi connectivity index (χ0) is 21.6. The summed E-state index contributed by atoms with van der Waals surface area (Å²) in [5.41, 5.74) is 1.46. The van der Waals surface area contributed by atoms with Gasteiger partial charge in [0.2, 0.25) is 15.9 Å². The fourth-order valence-electron chi connectivity index (χ4n) is 3.36. The van der Waals surface area contributed by atoms with E-state index in [4.69, 9.17) is 5.26 Å². The third-order valence-electron chi connectivity index (χ3n) is 5.13. The van der Waals surface area contributed by atoms with Crippen LogP contribution in [-0.2, 0) is 14.8 Å². The monoisotopic (exact) mass is 427 g/mol. The number of nitrogens with zero attached hydrogens (tertiary/aromatic N) is 3. The van der Waals surface area contributed by atoms with Crippen LogP contribution in [0.2, 0.25) is 0 Å². The van der Waals surface area contributed by atoms with E-state index in [-0.39, 0.29) is 16.7 Å². The Morgan fingerprint density at radius 2 is 1.90 bits per heavy atom. The van der Waals surface area contributed by atoms with Crippen molar-refractivity contribution in [3.8, 4) is 6.07 Å². The van der Waals surface area contributed by atoms with Crippen LogP contribution in [0.25, 0.3) is 0 Å². The Labute approximate surface area is 177 Å². The normalized spacial score (nSPS) is 15.3. The molecular formula is C21H25N5O3S. The van der Waals surface area contributed by atoms with E-state index in [1.807, 2.05) is 6.92 Å². The lowest BCUT2D eigenvalue weighted by Crippen LogP contribution is -2.43. The first-order chi connectivity index (χ1) is 14.4. The predicted molar refractivity (Wildman–Crippen MR) is 113 cm³/mol. The van der Waals surface area contributed by atoms with E-state index in [0.29, 0.717) is 50.4 Å². The van der Waals surface area contributed by atoms with Crippen LogP contribution in [-0.4, -0.2) is 49.8 Å². The lowest BCUT2D eigenvalue weighted by molar-refractivity contribution is -0.126. The minimum Gasteiger partial charge on any atom is -0.367 e. The zero-order valence-corrected chi connectivity index (χ0v) is 17.7. The van der Waals surface area contributed by atoms with Crippen LogP contribution in [0.1, 0.15) is 24.0 Å². The minimum atomic E-state index is -3.53. The predicted octanol–water partition coefficient (Wildman–Crippen LogP) is 1.89. The average molecular weight is 428 g/mol. The number of carbonyl (C=O) groups is 1. The number of hydrogen-bond acceptors (Lipinski definition) is 6. The Hall–Kier alpha value is -2.96. The molecule has 0 atom stereocenters. The topological polar surface area (TPSA) is 115 Å². The van der Waals surface area contributed by atoms with E-state index >= 15 is 0 Å². The Morgan fingerprint density at radius 1 is 1.20 bits per heavy atom. The minimum absolute atomic E-state index is 0.0780. The number of hydrogen-bond donors (Lipinski definition) is 2. The maximum absolute atomic E-state index is 12.8. The van der Waals surface area contributed by atoms with Gasteiger partial charge >= 0.3 is 0 Å². The molecule has 158 valence electrons. The lowest BCUT2D eigenvalue weighted by atomic mass is 9.97. The summed E-state index contributed by atoms with van der Waals surface area (Å²) in [5.74, 6) is 0.202. The number of aromatic nitrogens is 1. The summed E-state index contributed by atoms with van der Waals surface area (Å²) in [6.45, 7) is 3.40. The number of rotatable bonds is 7. The maximum Gasteiger partial charge on any atom is 0.243 e. The number of nitriles is 1. The van der Waals surface area contributed by atoms with Crippen molar-refractivity contribution in [2.45, 2.75) is 24.7 Å². The molecular weight excluding hydrogens is 402 g/mol. The summed E-state index contributed by atoms with van der Waals surface area (Å²) in [6, 6.07) is 12.2. The van der Waals surface area contributed by atoms with Gasteiger partial charge in [0.05, 0.1) is 10.5 Å². The smallest absolute Gasteiger partial charge is 0.243 e. The average Bonchev–Trinajstić information content (AvgIpc) is 2.77. The second-order valence-electron chi connectivity index (χ2n) is 7.22. The first-order valence-electron chi connectivity index (χ1n) is 9.85. The molecule has 9 heteroatoms. The summed E-state index contributed by atoms with van der Waals surface area (Å²) in [7, 11) is -3.53. The molecule has 2 N–H and O–H groups in total. The highest BCUT2D eigenvalue weighted by molar-refractivity contribution is 7.89. The summed E-state index contributed by atoms with van der Waals surface area (Å²) in [5, 5.41) is 15.0. The van der Waals surface area contributed by atoms with Crippen LogP contribution in [0.3, 0.4) is 0 Å². The molecule has 0 radical (unpaired) electrons. The van der Waals surface area contributed by atoms with Crippen molar-refractivity contribution in [2.24, 2.45) is 5.92 Å². The molecule has 1 aliphatic rings. The van der Waals surface area contributed by atoms with Crippen LogP contribution in [0, 0.1) is 24.2 Å². The van der Waals surface area contributed by atoms with Gasteiger partial charge in [-0.1, -0.05) is 17.7 Å². The molecule has 0 aliphatic carbocycles. The number of carbonyl (C=O) groups excluding carboxylic acids is 1. The third-order valence-corrected chi connectivity index (χ3v) is 7.04. The van der Waals surface area contributed by atoms with Gasteiger partial charge in [-0.15, -0.1) is 0 Å². The summed E-state index contributed by atoms with van der Waals surface area (Å²) in [6.07, 6.45) is 2.58. The van der Waals surface area contributed by atoms with Crippen molar-refractivity contribution < 1.29 is 13.2 Å². The van der Waals surface area contributed by atoms with E-state index in [9.17, 15) is 13.2 Å². The van der Waals surface area contributed by atoms with Crippen LogP contribution >= 0.6 is 0 Å². The highest BCUT2D eigenvalue weighted by atomic mass is 32.2. The van der Waals surface area contributed by atoms with Gasteiger partial charge in [0.25, 0.3) is 0 Å². The van der Waals surface area contributed by atoms with E-state index in [2.05, 4.69) is 21.7 Å². The quantitative estimate of drug-likeness (QED) is 0.652. The van der Waals surface area contributed by atoms with Gasteiger partial charge in [0.15, 0.2) is 0 Å². The lowest BCUT2D eigenvalue weighted by Gasteiger charge is -2.30. The molecule has 1 aliphatic heterocycles. The molecule has 0 bridgehead atoms. The SMILES string of the molecule is Cc1ccc(S(=O)(=O)N2CCC(C(=O)NCCNc3ncccc3C#N)CC2)cc1. The number of benzene rings is 1. The molecule has 1 fully saturated rings. The van der Waals surface area contributed by atoms with Crippen LogP contribution in [0.15, 0.2) is 47.5 Å². The van der Waals surface area contributed by atoms with Gasteiger partial charge in [-0.3, -0.25) is 4.79 Å². The molecule has 30 heavy (non-hydrogen) atoms. The van der Waals surface area contributed by atoms with Crippen LogP contribution in [0.4, 0.5) is 5.82 Å². The second-order valence-corrected chi connectivity index (χ2v) is 9.16. The van der Waals surface area contributed by atoms with Gasteiger partial charge in [-0.25, -0.2) is 13.4 Å². The molecule has 0 saturated carbocycles. The Balaban J connectivity index is 1.45. The van der Waals surface area contributed by atoms with Crippen LogP contribution < -0.4 is 10.6 Å². The Kier molecular flexibility index (Phi) is 7.03. The first kappa shape index (κ1) is 21.7. The van der Waals surface area contributed by atoms with Crippen molar-refractivity contribution in [3.63, 3.8) is 0 Å². The molecule has 0 unspecified atom stereocenters. The number of aryl methyl sites for hydroxylation is 1. The summed E-state index contributed by atoms with van der Waals surface area (Å²) in [4.78, 5) is 16.8. The summed E-state index contributed by atoms with van der Waals surface area (Å²) < 4.78 is 27.0. The highest BCUT2D eigenvalue weighted by Gasteiger charge is 2.31. The number of anilines is 1. The first-order valence-corrected chi connectivity index (χ1v) is 11.3. The molecule has 1 aromatic carbocycles. The van der Waals surface area contributed by atoms with Gasteiger partial charge in [0, 0.05) is 38.3 Å². The number of nitrogens with one attached hydrogen (secondary N) is 2. The van der Waals surface area contributed by atoms with E-state index < -0.39 is 10.0 Å². The van der Waals surface area contributed by atoms with Crippen molar-refractivity contribution in [1.82, 2.24) is 14.6 Å². The van der Waals surface area contributed by atoms with Crippen molar-refractivity contribution >= 4 is 21.7 Å². The fourth-order valence-corrected chi connectivity index (χ4v) is 4.83. The summed E-state index contributed by atoms with van der Waals surface area (Å²) >= 11 is 0. The number of pyridine rings is 1. The van der Waals surface area contributed by atoms with E-state index in [1.165, 1.54) is 4.31 Å². The fraction of sp³-hybridized carbons (Fsp3) is 0.381. The molecule has 1 amide bonds. The Morgan fingerprint density at radius 3 is 2.57 bits per heavy atom. The number of amides is 1. The van der Waals surface area contributed by atoms with Gasteiger partial charge in [0.1, 0.15) is 11.9 Å². The second kappa shape index (κ2) is 9.69. The highest BCUT2D eigenvalue weighted by Crippen LogP contribution is 2.24. The van der Waals surface area contributed by atoms with Gasteiger partial charge in [-0.2, -0.15) is 9.57 Å². The maximum atomic E-state index is 12.8. The molecule has 0 spiro atoms. The molecule has 2 aromatic rings. The standard InChI is InChI=1S/C21H25N5O3S/c1-16-4-6-19(7-5-16)30(28,29)26-13-8-17(9-14-26)21(27)25-12-11-24-20-18(15-22)3-2-10-23-20/h2-7,10,17H,8-9,11-14H2,1H3,(H,23,24)(H,25,27).